The van der Waals surface area contributed by atoms with E-state index in [1.807, 2.05) is 4.90 Å². The fourth-order valence-corrected chi connectivity index (χ4v) is 2.26. The average Bonchev–Trinajstić information content (AvgIpc) is 2.69. The maximum absolute atomic E-state index is 12.0. The lowest BCUT2D eigenvalue weighted by atomic mass is 10.1. The number of halogens is 1. The Balaban J connectivity index is 0.00000112. The van der Waals surface area contributed by atoms with Crippen LogP contribution >= 0.6 is 12.4 Å². The van der Waals surface area contributed by atoms with Crippen LogP contribution in [0.25, 0.3) is 0 Å². The molecule has 1 unspecified atom stereocenters. The molecule has 15 heavy (non-hydrogen) atoms. The topological polar surface area (TPSA) is 44.4 Å². The predicted octanol–water partition coefficient (Wildman–Crippen LogP) is -0.162. The molecule has 2 N–H and O–H groups in total. The van der Waals surface area contributed by atoms with Crippen molar-refractivity contribution < 1.29 is 4.79 Å². The van der Waals surface area contributed by atoms with E-state index in [-0.39, 0.29) is 18.3 Å². The molecule has 0 aliphatic carbocycles. The standard InChI is InChI=1S/C10H19N3O.ClH/c1-8-7-13(5-4-12-8)10(14)9-2-3-11-6-9;/h8-9,11-12H,2-7H2,1H3;1H/t8?,9-;/m1./s1. The molecular weight excluding hydrogens is 214 g/mol. The van der Waals surface area contributed by atoms with Crippen molar-refractivity contribution in [1.82, 2.24) is 15.5 Å². The lowest BCUT2D eigenvalue weighted by Crippen LogP contribution is -2.53. The van der Waals surface area contributed by atoms with Crippen molar-refractivity contribution >= 4 is 18.3 Å². The Labute approximate surface area is 97.2 Å². The van der Waals surface area contributed by atoms with Crippen molar-refractivity contribution in [2.24, 2.45) is 5.92 Å². The molecule has 2 atom stereocenters. The van der Waals surface area contributed by atoms with E-state index in [1.165, 1.54) is 0 Å². The van der Waals surface area contributed by atoms with Crippen LogP contribution in [0.2, 0.25) is 0 Å². The van der Waals surface area contributed by atoms with Crippen LogP contribution in [0.3, 0.4) is 0 Å². The zero-order valence-electron chi connectivity index (χ0n) is 9.16. The summed E-state index contributed by atoms with van der Waals surface area (Å²) in [5, 5.41) is 6.59. The van der Waals surface area contributed by atoms with Crippen LogP contribution in [0.1, 0.15) is 13.3 Å². The highest BCUT2D eigenvalue weighted by molar-refractivity contribution is 5.85. The van der Waals surface area contributed by atoms with Crippen molar-refractivity contribution in [2.45, 2.75) is 19.4 Å². The summed E-state index contributed by atoms with van der Waals surface area (Å²) < 4.78 is 0. The van der Waals surface area contributed by atoms with Gasteiger partial charge in [-0.25, -0.2) is 0 Å². The summed E-state index contributed by atoms with van der Waals surface area (Å²) in [6.07, 6.45) is 1.01. The van der Waals surface area contributed by atoms with E-state index in [9.17, 15) is 4.79 Å². The molecule has 2 saturated heterocycles. The van der Waals surface area contributed by atoms with Gasteiger partial charge in [0.25, 0.3) is 0 Å². The second-order valence-electron chi connectivity index (χ2n) is 4.33. The van der Waals surface area contributed by atoms with Gasteiger partial charge in [-0.1, -0.05) is 0 Å². The summed E-state index contributed by atoms with van der Waals surface area (Å²) in [5.41, 5.74) is 0. The summed E-state index contributed by atoms with van der Waals surface area (Å²) >= 11 is 0. The molecule has 2 aliphatic heterocycles. The highest BCUT2D eigenvalue weighted by Gasteiger charge is 2.29. The molecule has 2 heterocycles. The summed E-state index contributed by atoms with van der Waals surface area (Å²) in [6.45, 7) is 6.68. The van der Waals surface area contributed by atoms with E-state index in [1.54, 1.807) is 0 Å². The largest absolute Gasteiger partial charge is 0.340 e. The number of piperazine rings is 1. The molecule has 4 nitrogen and oxygen atoms in total. The monoisotopic (exact) mass is 233 g/mol. The van der Waals surface area contributed by atoms with Gasteiger partial charge in [0.15, 0.2) is 0 Å². The summed E-state index contributed by atoms with van der Waals surface area (Å²) in [7, 11) is 0. The van der Waals surface area contributed by atoms with Crippen LogP contribution in [-0.2, 0) is 4.79 Å². The fourth-order valence-electron chi connectivity index (χ4n) is 2.26. The van der Waals surface area contributed by atoms with E-state index in [4.69, 9.17) is 0 Å². The van der Waals surface area contributed by atoms with E-state index in [0.717, 1.165) is 39.1 Å². The smallest absolute Gasteiger partial charge is 0.227 e. The third-order valence-corrected chi connectivity index (χ3v) is 3.09. The quantitative estimate of drug-likeness (QED) is 0.662. The Morgan fingerprint density at radius 2 is 2.20 bits per heavy atom. The number of nitrogens with one attached hydrogen (secondary N) is 2. The first-order valence-electron chi connectivity index (χ1n) is 5.50. The minimum Gasteiger partial charge on any atom is -0.340 e. The molecule has 0 bridgehead atoms. The van der Waals surface area contributed by atoms with E-state index in [2.05, 4.69) is 17.6 Å². The van der Waals surface area contributed by atoms with Crippen LogP contribution in [-0.4, -0.2) is 49.6 Å². The Hall–Kier alpha value is -0.320. The van der Waals surface area contributed by atoms with Crippen LogP contribution in [0.5, 0.6) is 0 Å². The highest BCUT2D eigenvalue weighted by Crippen LogP contribution is 2.12. The fraction of sp³-hybridized carbons (Fsp3) is 0.900. The van der Waals surface area contributed by atoms with Gasteiger partial charge >= 0.3 is 0 Å². The first-order chi connectivity index (χ1) is 6.77. The third-order valence-electron chi connectivity index (χ3n) is 3.09. The predicted molar refractivity (Wildman–Crippen MR) is 62.3 cm³/mol. The Bertz CT molecular complexity index is 219. The average molecular weight is 234 g/mol. The van der Waals surface area contributed by atoms with Crippen LogP contribution in [0.15, 0.2) is 0 Å². The Morgan fingerprint density at radius 1 is 1.40 bits per heavy atom. The second-order valence-corrected chi connectivity index (χ2v) is 4.33. The SMILES string of the molecule is CC1CN(C(=O)[C@@H]2CCNC2)CCN1.Cl. The van der Waals surface area contributed by atoms with Gasteiger partial charge in [-0.05, 0) is 19.9 Å². The summed E-state index contributed by atoms with van der Waals surface area (Å²) in [5.74, 6) is 0.587. The lowest BCUT2D eigenvalue weighted by molar-refractivity contribution is -0.136. The third kappa shape index (κ3) is 3.06. The molecule has 0 aromatic rings. The van der Waals surface area contributed by atoms with Crippen molar-refractivity contribution in [3.63, 3.8) is 0 Å². The molecule has 2 rings (SSSR count). The molecule has 0 saturated carbocycles. The zero-order valence-corrected chi connectivity index (χ0v) is 9.98. The van der Waals surface area contributed by atoms with Crippen molar-refractivity contribution in [3.05, 3.63) is 0 Å². The maximum atomic E-state index is 12.0. The number of amides is 1. The van der Waals surface area contributed by atoms with Gasteiger partial charge in [0.2, 0.25) is 5.91 Å². The molecule has 0 radical (unpaired) electrons. The van der Waals surface area contributed by atoms with Gasteiger partial charge in [0.1, 0.15) is 0 Å². The minimum atomic E-state index is 0. The number of hydrogen-bond donors (Lipinski definition) is 2. The number of nitrogens with zero attached hydrogens (tertiary/aromatic N) is 1. The Kier molecular flexibility index (Phi) is 4.83. The van der Waals surface area contributed by atoms with Gasteiger partial charge in [-0.2, -0.15) is 0 Å². The van der Waals surface area contributed by atoms with Crippen molar-refractivity contribution in [3.8, 4) is 0 Å². The summed E-state index contributed by atoms with van der Waals surface area (Å²) in [6, 6.07) is 0.446. The lowest BCUT2D eigenvalue weighted by Gasteiger charge is -2.33. The number of rotatable bonds is 1. The van der Waals surface area contributed by atoms with E-state index < -0.39 is 0 Å². The molecule has 0 aromatic carbocycles. The maximum Gasteiger partial charge on any atom is 0.227 e. The van der Waals surface area contributed by atoms with Crippen molar-refractivity contribution in [1.29, 1.82) is 0 Å². The first kappa shape index (κ1) is 12.7. The van der Waals surface area contributed by atoms with Crippen LogP contribution in [0.4, 0.5) is 0 Å². The summed E-state index contributed by atoms with van der Waals surface area (Å²) in [4.78, 5) is 14.0. The van der Waals surface area contributed by atoms with Gasteiger partial charge in [-0.15, -0.1) is 12.4 Å². The molecule has 2 aliphatic rings. The number of carbonyl (C=O) groups is 1. The van der Waals surface area contributed by atoms with Gasteiger partial charge in [0, 0.05) is 32.2 Å². The molecule has 2 fully saturated rings. The zero-order chi connectivity index (χ0) is 9.97. The molecule has 1 amide bonds. The van der Waals surface area contributed by atoms with E-state index >= 15 is 0 Å². The van der Waals surface area contributed by atoms with Crippen LogP contribution < -0.4 is 10.6 Å². The van der Waals surface area contributed by atoms with Gasteiger partial charge in [0.05, 0.1) is 5.92 Å². The Morgan fingerprint density at radius 3 is 2.80 bits per heavy atom. The molecular formula is C10H20ClN3O. The van der Waals surface area contributed by atoms with Crippen LogP contribution in [0, 0.1) is 5.92 Å². The van der Waals surface area contributed by atoms with Gasteiger partial charge in [-0.3, -0.25) is 4.79 Å². The molecule has 0 spiro atoms. The number of carbonyl (C=O) groups excluding carboxylic acids is 1. The molecule has 0 aromatic heterocycles. The second kappa shape index (κ2) is 5.68. The number of hydrogen-bond acceptors (Lipinski definition) is 3. The highest BCUT2D eigenvalue weighted by atomic mass is 35.5. The molecule has 88 valence electrons. The molecule has 5 heteroatoms. The minimum absolute atomic E-state index is 0. The van der Waals surface area contributed by atoms with Crippen molar-refractivity contribution in [2.75, 3.05) is 32.7 Å². The van der Waals surface area contributed by atoms with Gasteiger partial charge < -0.3 is 15.5 Å². The first-order valence-corrected chi connectivity index (χ1v) is 5.50. The van der Waals surface area contributed by atoms with E-state index in [0.29, 0.717) is 11.9 Å². The normalized spacial score (nSPS) is 31.1.